The van der Waals surface area contributed by atoms with Crippen molar-refractivity contribution in [1.29, 1.82) is 0 Å². The number of hydrogen-bond donors (Lipinski definition) is 2. The summed E-state index contributed by atoms with van der Waals surface area (Å²) in [6.45, 7) is 3.72. The van der Waals surface area contributed by atoms with E-state index in [0.717, 1.165) is 17.3 Å². The van der Waals surface area contributed by atoms with Crippen molar-refractivity contribution in [2.75, 3.05) is 0 Å². The third-order valence-electron chi connectivity index (χ3n) is 4.14. The molecule has 3 rings (SSSR count). The van der Waals surface area contributed by atoms with Crippen LogP contribution in [0.2, 0.25) is 0 Å². The first-order valence-electron chi connectivity index (χ1n) is 8.33. The van der Waals surface area contributed by atoms with Crippen LogP contribution in [0.25, 0.3) is 5.69 Å². The zero-order valence-corrected chi connectivity index (χ0v) is 15.2. The number of nitrogens with zero attached hydrogens (tertiary/aromatic N) is 3. The molecule has 2 N–H and O–H groups in total. The quantitative estimate of drug-likeness (QED) is 0.533. The number of aryl methyl sites for hydroxylation is 1. The minimum absolute atomic E-state index is 0.0570. The lowest BCUT2D eigenvalue weighted by molar-refractivity contribution is -0.384. The van der Waals surface area contributed by atoms with Gasteiger partial charge in [0.1, 0.15) is 0 Å². The van der Waals surface area contributed by atoms with Gasteiger partial charge in [-0.05, 0) is 32.0 Å². The van der Waals surface area contributed by atoms with Gasteiger partial charge in [-0.1, -0.05) is 23.8 Å². The Labute approximate surface area is 160 Å². The van der Waals surface area contributed by atoms with Crippen LogP contribution in [0.3, 0.4) is 0 Å². The average Bonchev–Trinajstić information content (AvgIpc) is 3.08. The van der Waals surface area contributed by atoms with Gasteiger partial charge in [0, 0.05) is 17.7 Å². The van der Waals surface area contributed by atoms with Crippen molar-refractivity contribution in [1.82, 2.24) is 20.6 Å². The maximum atomic E-state index is 12.4. The monoisotopic (exact) mass is 379 g/mol. The van der Waals surface area contributed by atoms with Crippen molar-refractivity contribution in [3.63, 3.8) is 0 Å². The molecule has 0 aliphatic carbocycles. The van der Waals surface area contributed by atoms with Crippen LogP contribution in [0, 0.1) is 24.0 Å². The minimum atomic E-state index is -0.666. The molecule has 9 nitrogen and oxygen atoms in total. The van der Waals surface area contributed by atoms with Gasteiger partial charge in [-0.25, -0.2) is 4.68 Å². The van der Waals surface area contributed by atoms with E-state index in [1.165, 1.54) is 24.4 Å². The predicted molar refractivity (Wildman–Crippen MR) is 101 cm³/mol. The molecule has 0 aliphatic rings. The largest absolute Gasteiger partial charge is 0.273 e. The number of carbonyl (C=O) groups is 2. The molecule has 0 unspecified atom stereocenters. The van der Waals surface area contributed by atoms with Gasteiger partial charge in [0.15, 0.2) is 0 Å². The van der Waals surface area contributed by atoms with Crippen molar-refractivity contribution >= 4 is 17.5 Å². The van der Waals surface area contributed by atoms with Crippen molar-refractivity contribution in [3.05, 3.63) is 87.2 Å². The Morgan fingerprint density at radius 2 is 1.71 bits per heavy atom. The van der Waals surface area contributed by atoms with Crippen LogP contribution in [0.1, 0.15) is 32.0 Å². The van der Waals surface area contributed by atoms with Crippen LogP contribution in [0.5, 0.6) is 0 Å². The molecule has 1 aromatic heterocycles. The summed E-state index contributed by atoms with van der Waals surface area (Å²) >= 11 is 0. The highest BCUT2D eigenvalue weighted by Gasteiger charge is 2.17. The van der Waals surface area contributed by atoms with Gasteiger partial charge in [0.2, 0.25) is 0 Å². The maximum absolute atomic E-state index is 12.4. The Balaban J connectivity index is 1.70. The van der Waals surface area contributed by atoms with Crippen molar-refractivity contribution in [2.45, 2.75) is 13.8 Å². The molecule has 2 amide bonds. The van der Waals surface area contributed by atoms with Gasteiger partial charge in [-0.15, -0.1) is 0 Å². The first-order valence-corrected chi connectivity index (χ1v) is 8.33. The molecule has 0 spiro atoms. The standard InChI is InChI=1S/C19H17N5O4/c1-12-6-8-15(9-7-12)23-13(2)17(11-20-23)19(26)22-21-18(25)14-4-3-5-16(10-14)24(27)28/h3-11H,1-2H3,(H,21,25)(H,22,26). The number of nitrogens with one attached hydrogen (secondary N) is 2. The second kappa shape index (κ2) is 7.70. The normalized spacial score (nSPS) is 10.4. The average molecular weight is 379 g/mol. The highest BCUT2D eigenvalue weighted by atomic mass is 16.6. The summed E-state index contributed by atoms with van der Waals surface area (Å²) in [6.07, 6.45) is 1.41. The Morgan fingerprint density at radius 3 is 2.39 bits per heavy atom. The fourth-order valence-corrected chi connectivity index (χ4v) is 2.59. The van der Waals surface area contributed by atoms with Gasteiger partial charge < -0.3 is 0 Å². The molecule has 0 saturated carbocycles. The van der Waals surface area contributed by atoms with Gasteiger partial charge in [0.25, 0.3) is 17.5 Å². The summed E-state index contributed by atoms with van der Waals surface area (Å²) in [5.74, 6) is -1.21. The summed E-state index contributed by atoms with van der Waals surface area (Å²) in [5, 5.41) is 15.0. The zero-order valence-electron chi connectivity index (χ0n) is 15.2. The number of hydrazine groups is 1. The molecule has 0 atom stereocenters. The molecule has 0 bridgehead atoms. The number of amides is 2. The molecular formula is C19H17N5O4. The number of rotatable bonds is 4. The van der Waals surface area contributed by atoms with Crippen LogP contribution in [0.4, 0.5) is 5.69 Å². The van der Waals surface area contributed by atoms with E-state index in [9.17, 15) is 19.7 Å². The van der Waals surface area contributed by atoms with E-state index in [-0.39, 0.29) is 11.3 Å². The molecule has 3 aromatic rings. The first kappa shape index (κ1) is 18.8. The predicted octanol–water partition coefficient (Wildman–Crippen LogP) is 2.47. The number of benzene rings is 2. The van der Waals surface area contributed by atoms with Crippen molar-refractivity contribution < 1.29 is 14.5 Å². The van der Waals surface area contributed by atoms with Crippen LogP contribution >= 0.6 is 0 Å². The SMILES string of the molecule is Cc1ccc(-n2ncc(C(=O)NNC(=O)c3cccc([N+](=O)[O-])c3)c2C)cc1. The fourth-order valence-electron chi connectivity index (χ4n) is 2.59. The maximum Gasteiger partial charge on any atom is 0.273 e. The molecule has 28 heavy (non-hydrogen) atoms. The summed E-state index contributed by atoms with van der Waals surface area (Å²) in [5.41, 5.74) is 7.20. The van der Waals surface area contributed by atoms with E-state index < -0.39 is 16.7 Å². The highest BCUT2D eigenvalue weighted by Crippen LogP contribution is 2.15. The van der Waals surface area contributed by atoms with E-state index in [4.69, 9.17) is 0 Å². The molecule has 0 saturated heterocycles. The summed E-state index contributed by atoms with van der Waals surface area (Å²) < 4.78 is 1.62. The van der Waals surface area contributed by atoms with Crippen molar-refractivity contribution in [2.24, 2.45) is 0 Å². The molecule has 1 heterocycles. The summed E-state index contributed by atoms with van der Waals surface area (Å²) in [6, 6.07) is 12.9. The lowest BCUT2D eigenvalue weighted by atomic mass is 10.2. The van der Waals surface area contributed by atoms with Crippen LogP contribution in [-0.4, -0.2) is 26.5 Å². The highest BCUT2D eigenvalue weighted by molar-refractivity contribution is 5.99. The topological polar surface area (TPSA) is 119 Å². The summed E-state index contributed by atoms with van der Waals surface area (Å²) in [4.78, 5) is 34.7. The van der Waals surface area contributed by atoms with E-state index >= 15 is 0 Å². The third-order valence-corrected chi connectivity index (χ3v) is 4.14. The van der Waals surface area contributed by atoms with E-state index in [1.807, 2.05) is 31.2 Å². The Kier molecular flexibility index (Phi) is 5.16. The zero-order chi connectivity index (χ0) is 20.3. The number of aromatic nitrogens is 2. The fraction of sp³-hybridized carbons (Fsp3) is 0.105. The van der Waals surface area contributed by atoms with Crippen LogP contribution in [0.15, 0.2) is 54.7 Å². The van der Waals surface area contributed by atoms with Crippen molar-refractivity contribution in [3.8, 4) is 5.69 Å². The van der Waals surface area contributed by atoms with Crippen LogP contribution < -0.4 is 10.9 Å². The first-order chi connectivity index (χ1) is 13.4. The molecule has 0 fully saturated rings. The van der Waals surface area contributed by atoms with Gasteiger partial charge in [-0.3, -0.25) is 30.6 Å². The molecule has 9 heteroatoms. The molecular weight excluding hydrogens is 362 g/mol. The van der Waals surface area contributed by atoms with Crippen LogP contribution in [-0.2, 0) is 0 Å². The Bertz CT molecular complexity index is 1060. The molecule has 0 radical (unpaired) electrons. The Hall–Kier alpha value is -4.01. The minimum Gasteiger partial charge on any atom is -0.267 e. The second-order valence-corrected chi connectivity index (χ2v) is 6.11. The van der Waals surface area contributed by atoms with Gasteiger partial charge >= 0.3 is 0 Å². The number of carbonyl (C=O) groups excluding carboxylic acids is 2. The smallest absolute Gasteiger partial charge is 0.267 e. The molecule has 0 aliphatic heterocycles. The van der Waals surface area contributed by atoms with E-state index in [2.05, 4.69) is 16.0 Å². The lowest BCUT2D eigenvalue weighted by Gasteiger charge is -2.08. The van der Waals surface area contributed by atoms with Gasteiger partial charge in [0.05, 0.1) is 28.1 Å². The second-order valence-electron chi connectivity index (χ2n) is 6.11. The van der Waals surface area contributed by atoms with E-state index in [0.29, 0.717) is 11.3 Å². The molecule has 2 aromatic carbocycles. The van der Waals surface area contributed by atoms with Gasteiger partial charge in [-0.2, -0.15) is 5.10 Å². The number of nitro benzene ring substituents is 1. The summed E-state index contributed by atoms with van der Waals surface area (Å²) in [7, 11) is 0. The third kappa shape index (κ3) is 3.88. The van der Waals surface area contributed by atoms with E-state index in [1.54, 1.807) is 11.6 Å². The number of non-ortho nitro benzene ring substituents is 1. The number of hydrogen-bond acceptors (Lipinski definition) is 5. The Morgan fingerprint density at radius 1 is 1.04 bits per heavy atom. The number of nitro groups is 1. The molecule has 142 valence electrons. The lowest BCUT2D eigenvalue weighted by Crippen LogP contribution is -2.41.